The highest BCUT2D eigenvalue weighted by Crippen LogP contribution is 2.35. The molecule has 0 saturated heterocycles. The Morgan fingerprint density at radius 1 is 1.33 bits per heavy atom. The molecule has 128 valence electrons. The lowest BCUT2D eigenvalue weighted by atomic mass is 9.94. The van der Waals surface area contributed by atoms with Crippen LogP contribution in [-0.4, -0.2) is 29.2 Å². The van der Waals surface area contributed by atoms with Crippen LogP contribution >= 0.6 is 11.6 Å². The lowest BCUT2D eigenvalue weighted by Gasteiger charge is -2.34. The minimum Gasteiger partial charge on any atom is -0.464 e. The summed E-state index contributed by atoms with van der Waals surface area (Å²) in [4.78, 5) is 14.1. The molecule has 0 N–H and O–H groups in total. The Bertz CT molecular complexity index is 801. The van der Waals surface area contributed by atoms with Crippen molar-refractivity contribution in [1.29, 1.82) is 0 Å². The summed E-state index contributed by atoms with van der Waals surface area (Å²) in [6, 6.07) is 5.80. The van der Waals surface area contributed by atoms with Crippen LogP contribution in [0.4, 0.5) is 4.79 Å². The maximum Gasteiger partial charge on any atom is 0.410 e. The molecule has 1 atom stereocenters. The molecule has 1 aromatic heterocycles. The van der Waals surface area contributed by atoms with Crippen molar-refractivity contribution in [2.75, 3.05) is 6.54 Å². The molecular weight excluding hydrogens is 326 g/mol. The van der Waals surface area contributed by atoms with Crippen molar-refractivity contribution < 1.29 is 13.9 Å². The van der Waals surface area contributed by atoms with Crippen LogP contribution in [0.3, 0.4) is 0 Å². The van der Waals surface area contributed by atoms with E-state index < -0.39 is 5.60 Å². The quantitative estimate of drug-likeness (QED) is 0.684. The molecule has 0 radical (unpaired) electrons. The Hall–Kier alpha value is -1.94. The van der Waals surface area contributed by atoms with Gasteiger partial charge in [0, 0.05) is 23.5 Å². The maximum atomic E-state index is 12.3. The average Bonchev–Trinajstić information content (AvgIpc) is 2.96. The second kappa shape index (κ2) is 6.17. The summed E-state index contributed by atoms with van der Waals surface area (Å²) in [6.45, 7) is 8.19. The van der Waals surface area contributed by atoms with Gasteiger partial charge < -0.3 is 14.1 Å². The van der Waals surface area contributed by atoms with Gasteiger partial charge in [-0.25, -0.2) is 4.79 Å². The van der Waals surface area contributed by atoms with Gasteiger partial charge in [0.15, 0.2) is 0 Å². The normalized spacial score (nSPS) is 18.6. The first-order valence-electron chi connectivity index (χ1n) is 8.11. The third-order valence-electron chi connectivity index (χ3n) is 4.12. The zero-order valence-corrected chi connectivity index (χ0v) is 15.2. The van der Waals surface area contributed by atoms with Crippen molar-refractivity contribution >= 4 is 34.2 Å². The Morgan fingerprint density at radius 3 is 2.75 bits per heavy atom. The van der Waals surface area contributed by atoms with E-state index in [1.54, 1.807) is 11.2 Å². The SMILES string of the molecule is CC1CC(c2ccc(Cl)c3ccoc23)=CCN1C(=O)OC(C)(C)C. The molecular formula is C19H22ClNO3. The molecule has 1 aliphatic heterocycles. The summed E-state index contributed by atoms with van der Waals surface area (Å²) in [5.41, 5.74) is 2.51. The highest BCUT2D eigenvalue weighted by Gasteiger charge is 2.29. The lowest BCUT2D eigenvalue weighted by Crippen LogP contribution is -2.44. The summed E-state index contributed by atoms with van der Waals surface area (Å²) >= 11 is 6.22. The van der Waals surface area contributed by atoms with Crippen molar-refractivity contribution in [1.82, 2.24) is 4.90 Å². The van der Waals surface area contributed by atoms with E-state index in [0.717, 1.165) is 23.0 Å². The number of fused-ring (bicyclic) bond motifs is 1. The number of carbonyl (C=O) groups excluding carboxylic acids is 1. The fraction of sp³-hybridized carbons (Fsp3) is 0.421. The Kier molecular flexibility index (Phi) is 4.35. The average molecular weight is 348 g/mol. The fourth-order valence-corrected chi connectivity index (χ4v) is 3.19. The molecule has 1 aromatic carbocycles. The molecule has 4 nitrogen and oxygen atoms in total. The number of benzene rings is 1. The van der Waals surface area contributed by atoms with Gasteiger partial charge in [0.05, 0.1) is 11.3 Å². The zero-order chi connectivity index (χ0) is 17.5. The van der Waals surface area contributed by atoms with Crippen LogP contribution in [0.15, 0.2) is 35.0 Å². The zero-order valence-electron chi connectivity index (χ0n) is 14.4. The molecule has 0 bridgehead atoms. The van der Waals surface area contributed by atoms with Crippen LogP contribution in [0.2, 0.25) is 5.02 Å². The summed E-state index contributed by atoms with van der Waals surface area (Å²) in [7, 11) is 0. The van der Waals surface area contributed by atoms with Gasteiger partial charge in [-0.15, -0.1) is 0 Å². The van der Waals surface area contributed by atoms with Crippen LogP contribution in [0.5, 0.6) is 0 Å². The first-order chi connectivity index (χ1) is 11.3. The Labute approximate surface area is 147 Å². The molecule has 0 saturated carbocycles. The number of furan rings is 1. The summed E-state index contributed by atoms with van der Waals surface area (Å²) in [5, 5.41) is 1.60. The molecule has 0 spiro atoms. The van der Waals surface area contributed by atoms with Crippen LogP contribution in [0.1, 0.15) is 39.7 Å². The number of rotatable bonds is 1. The highest BCUT2D eigenvalue weighted by atomic mass is 35.5. The molecule has 24 heavy (non-hydrogen) atoms. The van der Waals surface area contributed by atoms with Crippen molar-refractivity contribution in [2.45, 2.75) is 45.8 Å². The van der Waals surface area contributed by atoms with Gasteiger partial charge in [-0.05, 0) is 57.9 Å². The molecule has 0 aliphatic carbocycles. The van der Waals surface area contributed by atoms with Gasteiger partial charge in [-0.2, -0.15) is 0 Å². The number of nitrogens with zero attached hydrogens (tertiary/aromatic N) is 1. The Morgan fingerprint density at radius 2 is 2.08 bits per heavy atom. The minimum absolute atomic E-state index is 0.0561. The lowest BCUT2D eigenvalue weighted by molar-refractivity contribution is 0.0199. The highest BCUT2D eigenvalue weighted by molar-refractivity contribution is 6.35. The summed E-state index contributed by atoms with van der Waals surface area (Å²) in [5.74, 6) is 0. The van der Waals surface area contributed by atoms with Crippen molar-refractivity contribution in [2.24, 2.45) is 0 Å². The van der Waals surface area contributed by atoms with Crippen molar-refractivity contribution in [3.63, 3.8) is 0 Å². The van der Waals surface area contributed by atoms with Crippen LogP contribution in [0.25, 0.3) is 16.5 Å². The van der Waals surface area contributed by atoms with E-state index in [-0.39, 0.29) is 12.1 Å². The van der Waals surface area contributed by atoms with E-state index in [9.17, 15) is 4.79 Å². The summed E-state index contributed by atoms with van der Waals surface area (Å²) in [6.07, 6.45) is 4.19. The largest absolute Gasteiger partial charge is 0.464 e. The molecule has 2 heterocycles. The molecule has 5 heteroatoms. The number of hydrogen-bond acceptors (Lipinski definition) is 3. The monoisotopic (exact) mass is 347 g/mol. The van der Waals surface area contributed by atoms with Crippen molar-refractivity contribution in [3.05, 3.63) is 41.1 Å². The maximum absolute atomic E-state index is 12.3. The second-order valence-corrected chi connectivity index (χ2v) is 7.58. The number of amides is 1. The first-order valence-corrected chi connectivity index (χ1v) is 8.49. The van der Waals surface area contributed by atoms with E-state index in [1.807, 2.05) is 45.9 Å². The van der Waals surface area contributed by atoms with Crippen LogP contribution in [-0.2, 0) is 4.74 Å². The van der Waals surface area contributed by atoms with E-state index >= 15 is 0 Å². The van der Waals surface area contributed by atoms with Gasteiger partial charge in [0.2, 0.25) is 0 Å². The van der Waals surface area contributed by atoms with E-state index in [0.29, 0.717) is 11.6 Å². The van der Waals surface area contributed by atoms with Crippen molar-refractivity contribution in [3.8, 4) is 0 Å². The number of carbonyl (C=O) groups is 1. The van der Waals surface area contributed by atoms with E-state index in [4.69, 9.17) is 20.8 Å². The third kappa shape index (κ3) is 3.29. The summed E-state index contributed by atoms with van der Waals surface area (Å²) < 4.78 is 11.1. The minimum atomic E-state index is -0.489. The van der Waals surface area contributed by atoms with Gasteiger partial charge in [-0.3, -0.25) is 0 Å². The van der Waals surface area contributed by atoms with Crippen LogP contribution < -0.4 is 0 Å². The van der Waals surface area contributed by atoms with Gasteiger partial charge in [0.1, 0.15) is 11.2 Å². The van der Waals surface area contributed by atoms with Gasteiger partial charge in [0.25, 0.3) is 0 Å². The predicted molar refractivity (Wildman–Crippen MR) is 96.2 cm³/mol. The number of ether oxygens (including phenoxy) is 1. The fourth-order valence-electron chi connectivity index (χ4n) is 2.98. The van der Waals surface area contributed by atoms with Gasteiger partial charge >= 0.3 is 6.09 Å². The number of halogens is 1. The molecule has 2 aromatic rings. The topological polar surface area (TPSA) is 42.7 Å². The van der Waals surface area contributed by atoms with Gasteiger partial charge in [-0.1, -0.05) is 17.7 Å². The second-order valence-electron chi connectivity index (χ2n) is 7.17. The van der Waals surface area contributed by atoms with E-state index in [1.165, 1.54) is 5.57 Å². The molecule has 3 rings (SSSR count). The first kappa shape index (κ1) is 16.9. The number of hydrogen-bond donors (Lipinski definition) is 0. The molecule has 1 aliphatic rings. The van der Waals surface area contributed by atoms with E-state index in [2.05, 4.69) is 6.08 Å². The predicted octanol–water partition coefficient (Wildman–Crippen LogP) is 5.50. The standard InChI is InChI=1S/C19H22ClNO3/c1-12-11-13(7-9-21(12)18(22)24-19(2,3)4)14-5-6-16(20)15-8-10-23-17(14)15/h5-8,10,12H,9,11H2,1-4H3. The smallest absolute Gasteiger partial charge is 0.410 e. The Balaban J connectivity index is 1.86. The van der Waals surface area contributed by atoms with Crippen LogP contribution in [0, 0.1) is 0 Å². The molecule has 0 fully saturated rings. The molecule has 1 unspecified atom stereocenters. The third-order valence-corrected chi connectivity index (χ3v) is 4.45. The molecule has 1 amide bonds.